The van der Waals surface area contributed by atoms with Gasteiger partial charge >= 0.3 is 0 Å². The van der Waals surface area contributed by atoms with Gasteiger partial charge in [0.25, 0.3) is 0 Å². The Labute approximate surface area is 146 Å². The van der Waals surface area contributed by atoms with Gasteiger partial charge in [-0.2, -0.15) is 4.31 Å². The van der Waals surface area contributed by atoms with Crippen LogP contribution in [-0.2, 0) is 20.0 Å². The summed E-state index contributed by atoms with van der Waals surface area (Å²) in [5, 5.41) is 0.946. The minimum atomic E-state index is -3.82. The molecule has 0 bridgehead atoms. The highest BCUT2D eigenvalue weighted by Crippen LogP contribution is 2.33. The van der Waals surface area contributed by atoms with Gasteiger partial charge in [0, 0.05) is 25.0 Å². The first-order valence-corrected chi connectivity index (χ1v) is 10.5. The zero-order chi connectivity index (χ0) is 17.3. The summed E-state index contributed by atoms with van der Waals surface area (Å²) in [6.07, 6.45) is 0.543. The molecule has 1 aromatic rings. The molecule has 0 amide bonds. The lowest BCUT2D eigenvalue weighted by molar-refractivity contribution is 0.455. The van der Waals surface area contributed by atoms with Gasteiger partial charge in [0.1, 0.15) is 4.90 Å². The first-order valence-electron chi connectivity index (χ1n) is 6.73. The second kappa shape index (κ2) is 7.08. The van der Waals surface area contributed by atoms with Gasteiger partial charge in [-0.25, -0.2) is 21.6 Å². The van der Waals surface area contributed by atoms with Crippen molar-refractivity contribution in [2.75, 3.05) is 19.6 Å². The number of rotatable bonds is 6. The van der Waals surface area contributed by atoms with Crippen molar-refractivity contribution in [3.63, 3.8) is 0 Å². The summed E-state index contributed by atoms with van der Waals surface area (Å²) < 4.78 is 51.7. The first-order chi connectivity index (χ1) is 10.7. The maximum atomic E-state index is 12.7. The molecule has 0 spiro atoms. The van der Waals surface area contributed by atoms with E-state index in [-0.39, 0.29) is 40.5 Å². The van der Waals surface area contributed by atoms with Crippen LogP contribution in [-0.4, -0.2) is 40.8 Å². The van der Waals surface area contributed by atoms with Crippen molar-refractivity contribution < 1.29 is 16.8 Å². The quantitative estimate of drug-likeness (QED) is 0.794. The van der Waals surface area contributed by atoms with Crippen LogP contribution in [0.2, 0.25) is 10.0 Å². The van der Waals surface area contributed by atoms with E-state index < -0.39 is 20.0 Å². The molecule has 1 aliphatic heterocycles. The fourth-order valence-electron chi connectivity index (χ4n) is 2.33. The Hall–Kier alpha value is -0.640. The molecule has 128 valence electrons. The second-order valence-electron chi connectivity index (χ2n) is 5.13. The Morgan fingerprint density at radius 1 is 1.26 bits per heavy atom. The fraction of sp³-hybridized carbons (Fsp3) is 0.385. The predicted molar refractivity (Wildman–Crippen MR) is 90.4 cm³/mol. The Morgan fingerprint density at radius 2 is 1.87 bits per heavy atom. The molecule has 1 aliphatic rings. The lowest BCUT2D eigenvalue weighted by Crippen LogP contribution is -2.32. The van der Waals surface area contributed by atoms with Crippen molar-refractivity contribution in [3.8, 4) is 0 Å². The fourth-order valence-corrected chi connectivity index (χ4v) is 5.54. The molecule has 0 aromatic heterocycles. The van der Waals surface area contributed by atoms with Crippen molar-refractivity contribution in [1.82, 2.24) is 9.03 Å². The van der Waals surface area contributed by atoms with Gasteiger partial charge in [0.2, 0.25) is 20.0 Å². The van der Waals surface area contributed by atoms with E-state index in [1.54, 1.807) is 6.07 Å². The normalized spacial score (nSPS) is 19.8. The molecule has 0 saturated carbocycles. The van der Waals surface area contributed by atoms with E-state index in [1.807, 2.05) is 0 Å². The number of benzene rings is 1. The van der Waals surface area contributed by atoms with E-state index in [1.165, 1.54) is 16.4 Å². The van der Waals surface area contributed by atoms with E-state index in [0.29, 0.717) is 6.42 Å². The summed E-state index contributed by atoms with van der Waals surface area (Å²) in [7, 11) is -7.34. The number of halogens is 2. The minimum Gasteiger partial charge on any atom is -0.211 e. The molecule has 23 heavy (non-hydrogen) atoms. The minimum absolute atomic E-state index is 0.0633. The molecule has 1 heterocycles. The van der Waals surface area contributed by atoms with Gasteiger partial charge in [-0.05, 0) is 24.5 Å². The molecule has 1 saturated heterocycles. The third-order valence-corrected chi connectivity index (χ3v) is 7.39. The summed E-state index contributed by atoms with van der Waals surface area (Å²) in [5.74, 6) is -0.124. The standard InChI is InChI=1S/C13H16Cl2N2O4S2/c1-2-22(18,19)16-8-10-6-7-17(9-10)23(20,21)13-11(14)4-3-5-12(13)15/h2-5,10,16H,1,6-9H2. The molecule has 0 aliphatic carbocycles. The van der Waals surface area contributed by atoms with Gasteiger partial charge in [-0.1, -0.05) is 35.8 Å². The highest BCUT2D eigenvalue weighted by atomic mass is 35.5. The van der Waals surface area contributed by atoms with Gasteiger partial charge in [-0.15, -0.1) is 0 Å². The van der Waals surface area contributed by atoms with Gasteiger partial charge < -0.3 is 0 Å². The third kappa shape index (κ3) is 4.26. The number of sulfonamides is 2. The number of hydrogen-bond donors (Lipinski definition) is 1. The topological polar surface area (TPSA) is 83.6 Å². The lowest BCUT2D eigenvalue weighted by Gasteiger charge is -2.18. The molecule has 1 aromatic carbocycles. The predicted octanol–water partition coefficient (Wildman–Crippen LogP) is 2.07. The smallest absolute Gasteiger partial charge is 0.211 e. The van der Waals surface area contributed by atoms with Crippen LogP contribution in [0.15, 0.2) is 35.1 Å². The van der Waals surface area contributed by atoms with Crippen molar-refractivity contribution in [1.29, 1.82) is 0 Å². The summed E-state index contributed by atoms with van der Waals surface area (Å²) in [4.78, 5) is -0.115. The Kier molecular flexibility index (Phi) is 5.76. The van der Waals surface area contributed by atoms with E-state index >= 15 is 0 Å². The third-order valence-electron chi connectivity index (χ3n) is 3.56. The van der Waals surface area contributed by atoms with Crippen LogP contribution in [0, 0.1) is 5.92 Å². The van der Waals surface area contributed by atoms with Gasteiger partial charge in [0.15, 0.2) is 0 Å². The van der Waals surface area contributed by atoms with Crippen LogP contribution >= 0.6 is 23.2 Å². The maximum absolute atomic E-state index is 12.7. The summed E-state index contributed by atoms with van der Waals surface area (Å²) in [6, 6.07) is 4.50. The van der Waals surface area contributed by atoms with Crippen LogP contribution < -0.4 is 4.72 Å². The van der Waals surface area contributed by atoms with Crippen LogP contribution in [0.1, 0.15) is 6.42 Å². The SMILES string of the molecule is C=CS(=O)(=O)NCC1CCN(S(=O)(=O)c2c(Cl)cccc2Cl)C1. The molecule has 1 atom stereocenters. The molecule has 6 nitrogen and oxygen atoms in total. The Morgan fingerprint density at radius 3 is 2.43 bits per heavy atom. The molecule has 10 heteroatoms. The zero-order valence-electron chi connectivity index (χ0n) is 12.1. The molecule has 1 fully saturated rings. The number of hydrogen-bond acceptors (Lipinski definition) is 4. The highest BCUT2D eigenvalue weighted by molar-refractivity contribution is 7.92. The molecule has 2 rings (SSSR count). The van der Waals surface area contributed by atoms with Gasteiger partial charge in [0.05, 0.1) is 10.0 Å². The summed E-state index contributed by atoms with van der Waals surface area (Å²) >= 11 is 12.0. The Bertz CT molecular complexity index is 789. The van der Waals surface area contributed by atoms with Gasteiger partial charge in [-0.3, -0.25) is 0 Å². The van der Waals surface area contributed by atoms with E-state index in [9.17, 15) is 16.8 Å². The lowest BCUT2D eigenvalue weighted by atomic mass is 10.1. The number of nitrogens with zero attached hydrogens (tertiary/aromatic N) is 1. The average molecular weight is 399 g/mol. The van der Waals surface area contributed by atoms with Crippen molar-refractivity contribution in [3.05, 3.63) is 40.2 Å². The van der Waals surface area contributed by atoms with Crippen LogP contribution in [0.25, 0.3) is 0 Å². The molecular weight excluding hydrogens is 383 g/mol. The van der Waals surface area contributed by atoms with Crippen molar-refractivity contribution in [2.24, 2.45) is 5.92 Å². The monoisotopic (exact) mass is 398 g/mol. The van der Waals surface area contributed by atoms with E-state index in [2.05, 4.69) is 11.3 Å². The first kappa shape index (κ1) is 18.7. The van der Waals surface area contributed by atoms with E-state index in [4.69, 9.17) is 23.2 Å². The Balaban J connectivity index is 2.13. The summed E-state index contributed by atoms with van der Waals surface area (Å²) in [6.45, 7) is 3.83. The van der Waals surface area contributed by atoms with Crippen molar-refractivity contribution in [2.45, 2.75) is 11.3 Å². The zero-order valence-corrected chi connectivity index (χ0v) is 15.2. The van der Waals surface area contributed by atoms with E-state index in [0.717, 1.165) is 5.41 Å². The molecular formula is C13H16Cl2N2O4S2. The largest absolute Gasteiger partial charge is 0.246 e. The molecule has 1 unspecified atom stereocenters. The maximum Gasteiger partial charge on any atom is 0.246 e. The van der Waals surface area contributed by atoms with Crippen LogP contribution in [0.3, 0.4) is 0 Å². The number of nitrogens with one attached hydrogen (secondary N) is 1. The van der Waals surface area contributed by atoms with Crippen molar-refractivity contribution >= 4 is 43.2 Å². The van der Waals surface area contributed by atoms with Crippen LogP contribution in [0.5, 0.6) is 0 Å². The molecule has 1 N–H and O–H groups in total. The van der Waals surface area contributed by atoms with Crippen LogP contribution in [0.4, 0.5) is 0 Å². The summed E-state index contributed by atoms with van der Waals surface area (Å²) in [5.41, 5.74) is 0. The second-order valence-corrected chi connectivity index (χ2v) is 9.53. The average Bonchev–Trinajstić information content (AvgIpc) is 2.94. The molecule has 0 radical (unpaired) electrons. The highest BCUT2D eigenvalue weighted by Gasteiger charge is 2.35.